The first-order chi connectivity index (χ1) is 5.27. The molecule has 6 heteroatoms. The average Bonchev–Trinajstić information content (AvgIpc) is 2.34. The average molecular weight is 233 g/mol. The van der Waals surface area contributed by atoms with E-state index >= 15 is 0 Å². The monoisotopic (exact) mass is 232 g/mol. The number of nitrogens with zero attached hydrogens (tertiary/aromatic N) is 4. The van der Waals surface area contributed by atoms with Crippen molar-refractivity contribution in [2.24, 2.45) is 0 Å². The van der Waals surface area contributed by atoms with Crippen LogP contribution in [0.1, 0.15) is 0 Å². The first-order valence-corrected chi connectivity index (χ1v) is 3.97. The minimum Gasteiger partial charge on any atom is -0.198 e. The summed E-state index contributed by atoms with van der Waals surface area (Å²) in [5.74, 6) is 0. The van der Waals surface area contributed by atoms with Crippen LogP contribution in [0, 0.1) is 0 Å². The lowest BCUT2D eigenvalue weighted by molar-refractivity contribution is 0.823. The van der Waals surface area contributed by atoms with Crippen LogP contribution in [0.25, 0.3) is 5.65 Å². The normalized spacial score (nSPS) is 10.7. The molecule has 11 heavy (non-hydrogen) atoms. The Morgan fingerprint density at radius 1 is 1.55 bits per heavy atom. The maximum Gasteiger partial charge on any atom is 0.193 e. The zero-order valence-electron chi connectivity index (χ0n) is 5.20. The van der Waals surface area contributed by atoms with E-state index < -0.39 is 0 Å². The number of pyridine rings is 1. The van der Waals surface area contributed by atoms with Gasteiger partial charge in [-0.25, -0.2) is 0 Å². The van der Waals surface area contributed by atoms with Gasteiger partial charge in [0.1, 0.15) is 0 Å². The lowest BCUT2D eigenvalue weighted by Gasteiger charge is -1.93. The third-order valence-corrected chi connectivity index (χ3v) is 2.01. The summed E-state index contributed by atoms with van der Waals surface area (Å²) in [6.45, 7) is 0. The number of fused-ring (bicyclic) bond motifs is 1. The summed E-state index contributed by atoms with van der Waals surface area (Å²) >= 11 is 9.01. The second-order valence-corrected chi connectivity index (χ2v) is 3.24. The lowest BCUT2D eigenvalue weighted by Crippen LogP contribution is -1.87. The van der Waals surface area contributed by atoms with Crippen molar-refractivity contribution < 1.29 is 0 Å². The number of halogens is 2. The molecular formula is C5H2BrClN4. The number of tetrazole rings is 1. The van der Waals surface area contributed by atoms with Crippen LogP contribution in [-0.2, 0) is 0 Å². The summed E-state index contributed by atoms with van der Waals surface area (Å²) in [5, 5.41) is 11.5. The van der Waals surface area contributed by atoms with E-state index in [-0.39, 0.29) is 0 Å². The van der Waals surface area contributed by atoms with Crippen molar-refractivity contribution in [3.63, 3.8) is 0 Å². The second kappa shape index (κ2) is 2.42. The molecule has 0 N–H and O–H groups in total. The van der Waals surface area contributed by atoms with Gasteiger partial charge in [0.25, 0.3) is 0 Å². The van der Waals surface area contributed by atoms with Gasteiger partial charge < -0.3 is 0 Å². The van der Waals surface area contributed by atoms with Crippen LogP contribution < -0.4 is 0 Å². The Labute approximate surface area is 75.3 Å². The maximum absolute atomic E-state index is 5.73. The Morgan fingerprint density at radius 3 is 3.18 bits per heavy atom. The van der Waals surface area contributed by atoms with Crippen LogP contribution in [0.5, 0.6) is 0 Å². The molecule has 0 unspecified atom stereocenters. The van der Waals surface area contributed by atoms with E-state index in [1.165, 1.54) is 4.52 Å². The fourth-order valence-corrected chi connectivity index (χ4v) is 1.62. The summed E-state index contributed by atoms with van der Waals surface area (Å²) in [6, 6.07) is 1.74. The van der Waals surface area contributed by atoms with Gasteiger partial charge in [0.15, 0.2) is 5.65 Å². The second-order valence-electron chi connectivity index (χ2n) is 1.95. The predicted molar refractivity (Wildman–Crippen MR) is 43.5 cm³/mol. The molecule has 0 aliphatic heterocycles. The Hall–Kier alpha value is -0.680. The molecule has 0 aliphatic carbocycles. The molecule has 0 saturated carbocycles. The van der Waals surface area contributed by atoms with E-state index in [1.807, 2.05) is 0 Å². The van der Waals surface area contributed by atoms with Gasteiger partial charge in [0.2, 0.25) is 0 Å². The van der Waals surface area contributed by atoms with Crippen molar-refractivity contribution in [3.05, 3.63) is 21.8 Å². The van der Waals surface area contributed by atoms with Gasteiger partial charge in [0.05, 0.1) is 15.7 Å². The first-order valence-electron chi connectivity index (χ1n) is 2.80. The van der Waals surface area contributed by atoms with Crippen LogP contribution >= 0.6 is 27.5 Å². The van der Waals surface area contributed by atoms with Crippen molar-refractivity contribution in [2.75, 3.05) is 0 Å². The fraction of sp³-hybridized carbons (Fsp3) is 0. The van der Waals surface area contributed by atoms with E-state index in [4.69, 9.17) is 11.6 Å². The standard InChI is InChI=1S/C5H2BrClN4/c6-4-1-3(7)2-11-5(4)8-9-10-11/h1-2H. The lowest BCUT2D eigenvalue weighted by atomic mass is 10.5. The van der Waals surface area contributed by atoms with Crippen molar-refractivity contribution >= 4 is 33.2 Å². The zero-order valence-corrected chi connectivity index (χ0v) is 7.54. The molecule has 0 saturated heterocycles. The molecule has 0 radical (unpaired) electrons. The molecule has 0 spiro atoms. The quantitative estimate of drug-likeness (QED) is 0.693. The smallest absolute Gasteiger partial charge is 0.193 e. The van der Waals surface area contributed by atoms with Crippen LogP contribution in [0.15, 0.2) is 16.7 Å². The topological polar surface area (TPSA) is 43.1 Å². The van der Waals surface area contributed by atoms with Gasteiger partial charge in [-0.3, -0.25) is 0 Å². The van der Waals surface area contributed by atoms with Gasteiger partial charge in [-0.1, -0.05) is 11.6 Å². The molecule has 56 valence electrons. The number of aromatic nitrogens is 4. The van der Waals surface area contributed by atoms with E-state index in [9.17, 15) is 0 Å². The van der Waals surface area contributed by atoms with Gasteiger partial charge in [0, 0.05) is 0 Å². The predicted octanol–water partition coefficient (Wildman–Crippen LogP) is 1.54. The number of rotatable bonds is 0. The first kappa shape index (κ1) is 7.00. The molecule has 0 amide bonds. The van der Waals surface area contributed by atoms with Gasteiger partial charge >= 0.3 is 0 Å². The van der Waals surface area contributed by atoms with Crippen LogP contribution in [0.4, 0.5) is 0 Å². The third kappa shape index (κ3) is 1.10. The highest BCUT2D eigenvalue weighted by Gasteiger charge is 2.02. The molecule has 0 fully saturated rings. The summed E-state index contributed by atoms with van der Waals surface area (Å²) in [5.41, 5.74) is 0.661. The molecule has 0 aliphatic rings. The van der Waals surface area contributed by atoms with E-state index in [0.717, 1.165) is 4.47 Å². The number of hydrogen-bond donors (Lipinski definition) is 0. The maximum atomic E-state index is 5.73. The molecule has 0 atom stereocenters. The van der Waals surface area contributed by atoms with Crippen molar-refractivity contribution in [3.8, 4) is 0 Å². The van der Waals surface area contributed by atoms with E-state index in [0.29, 0.717) is 10.7 Å². The minimum atomic E-state index is 0.594. The zero-order chi connectivity index (χ0) is 7.84. The molecule has 2 heterocycles. The van der Waals surface area contributed by atoms with Crippen molar-refractivity contribution in [1.82, 2.24) is 20.0 Å². The third-order valence-electron chi connectivity index (χ3n) is 1.22. The Balaban J connectivity index is 2.91. The Kier molecular flexibility index (Phi) is 1.54. The molecular weight excluding hydrogens is 231 g/mol. The molecule has 2 aromatic rings. The highest BCUT2D eigenvalue weighted by Crippen LogP contribution is 2.19. The van der Waals surface area contributed by atoms with Crippen LogP contribution in [0.3, 0.4) is 0 Å². The SMILES string of the molecule is Clc1cc(Br)c2nnnn2c1. The molecule has 0 bridgehead atoms. The van der Waals surface area contributed by atoms with Gasteiger partial charge in [-0.15, -0.1) is 5.10 Å². The highest BCUT2D eigenvalue weighted by molar-refractivity contribution is 9.10. The van der Waals surface area contributed by atoms with Gasteiger partial charge in [-0.05, 0) is 32.4 Å². The molecule has 0 aromatic carbocycles. The van der Waals surface area contributed by atoms with E-state index in [2.05, 4.69) is 31.5 Å². The summed E-state index contributed by atoms with van der Waals surface area (Å²) in [7, 11) is 0. The fourth-order valence-electron chi connectivity index (χ4n) is 0.777. The highest BCUT2D eigenvalue weighted by atomic mass is 79.9. The Morgan fingerprint density at radius 2 is 2.36 bits per heavy atom. The summed E-state index contributed by atoms with van der Waals surface area (Å²) in [6.07, 6.45) is 1.64. The van der Waals surface area contributed by atoms with Crippen LogP contribution in [0.2, 0.25) is 5.02 Å². The molecule has 4 nitrogen and oxygen atoms in total. The van der Waals surface area contributed by atoms with Crippen molar-refractivity contribution in [1.29, 1.82) is 0 Å². The largest absolute Gasteiger partial charge is 0.198 e. The van der Waals surface area contributed by atoms with Crippen molar-refractivity contribution in [2.45, 2.75) is 0 Å². The summed E-state index contributed by atoms with van der Waals surface area (Å²) in [4.78, 5) is 0. The minimum absolute atomic E-state index is 0.594. The van der Waals surface area contributed by atoms with Gasteiger partial charge in [-0.2, -0.15) is 4.52 Å². The number of hydrogen-bond acceptors (Lipinski definition) is 3. The molecule has 2 rings (SSSR count). The summed E-state index contributed by atoms with van der Waals surface area (Å²) < 4.78 is 2.29. The Bertz CT molecular complexity index is 398. The van der Waals surface area contributed by atoms with E-state index in [1.54, 1.807) is 12.3 Å². The van der Waals surface area contributed by atoms with Crippen LogP contribution in [-0.4, -0.2) is 20.0 Å². The molecule has 2 aromatic heterocycles.